The lowest BCUT2D eigenvalue weighted by atomic mass is 10.1. The largest absolute Gasteiger partial charge is 0.493 e. The van der Waals surface area contributed by atoms with E-state index < -0.39 is 0 Å². The van der Waals surface area contributed by atoms with Gasteiger partial charge in [-0.25, -0.2) is 4.98 Å². The lowest BCUT2D eigenvalue weighted by Gasteiger charge is -2.07. The Morgan fingerprint density at radius 1 is 1.22 bits per heavy atom. The quantitative estimate of drug-likeness (QED) is 0.618. The highest BCUT2D eigenvalue weighted by Crippen LogP contribution is 2.32. The van der Waals surface area contributed by atoms with Gasteiger partial charge in [-0.3, -0.25) is 9.59 Å². The molecule has 8 heteroatoms. The maximum absolute atomic E-state index is 12.1. The number of hydrogen-bond donors (Lipinski definition) is 2. The van der Waals surface area contributed by atoms with Gasteiger partial charge in [0.1, 0.15) is 5.75 Å². The van der Waals surface area contributed by atoms with Crippen molar-refractivity contribution in [3.63, 3.8) is 0 Å². The fourth-order valence-corrected chi connectivity index (χ4v) is 3.11. The number of carbonyl (C=O) groups excluding carboxylic acids is 2. The lowest BCUT2D eigenvalue weighted by Crippen LogP contribution is -2.27. The van der Waals surface area contributed by atoms with E-state index >= 15 is 0 Å². The Hall–Kier alpha value is -3.13. The molecule has 2 amide bonds. The number of ether oxygens (including phenoxy) is 1. The molecule has 0 radical (unpaired) electrons. The molecule has 0 saturated carbocycles. The highest BCUT2D eigenvalue weighted by molar-refractivity contribution is 7.14. The van der Waals surface area contributed by atoms with E-state index in [-0.39, 0.29) is 30.5 Å². The van der Waals surface area contributed by atoms with Crippen LogP contribution in [0.15, 0.2) is 52.5 Å². The molecule has 0 fully saturated rings. The molecule has 2 heterocycles. The summed E-state index contributed by atoms with van der Waals surface area (Å²) in [7, 11) is 0. The highest BCUT2D eigenvalue weighted by Gasteiger charge is 2.12. The number of rotatable bonds is 8. The van der Waals surface area contributed by atoms with E-state index in [0.717, 1.165) is 17.0 Å². The predicted molar refractivity (Wildman–Crippen MR) is 103 cm³/mol. The van der Waals surface area contributed by atoms with E-state index in [9.17, 15) is 9.59 Å². The Morgan fingerprint density at radius 3 is 2.85 bits per heavy atom. The number of aromatic nitrogens is 1. The number of para-hydroxylation sites is 1. The van der Waals surface area contributed by atoms with Gasteiger partial charge in [0.15, 0.2) is 10.9 Å². The summed E-state index contributed by atoms with van der Waals surface area (Å²) in [6, 6.07) is 10.8. The fraction of sp³-hybridized carbons (Fsp3) is 0.211. The molecule has 1 aromatic carbocycles. The maximum atomic E-state index is 12.1. The second-order valence-corrected chi connectivity index (χ2v) is 6.36. The van der Waals surface area contributed by atoms with Crippen molar-refractivity contribution in [2.45, 2.75) is 13.3 Å². The average Bonchev–Trinajstić information content (AvgIpc) is 3.34. The monoisotopic (exact) mass is 385 g/mol. The van der Waals surface area contributed by atoms with E-state index in [1.54, 1.807) is 12.1 Å². The molecule has 0 aliphatic heterocycles. The molecular weight excluding hydrogens is 366 g/mol. The Morgan fingerprint density at radius 2 is 2.07 bits per heavy atom. The van der Waals surface area contributed by atoms with E-state index in [0.29, 0.717) is 11.7 Å². The first-order chi connectivity index (χ1) is 13.2. The number of anilines is 1. The van der Waals surface area contributed by atoms with E-state index in [4.69, 9.17) is 9.15 Å². The summed E-state index contributed by atoms with van der Waals surface area (Å²) in [5.41, 5.74) is 1.62. The third kappa shape index (κ3) is 4.95. The summed E-state index contributed by atoms with van der Waals surface area (Å²) >= 11 is 1.34. The van der Waals surface area contributed by atoms with Gasteiger partial charge in [-0.15, -0.1) is 11.3 Å². The summed E-state index contributed by atoms with van der Waals surface area (Å²) in [5, 5.41) is 7.74. The lowest BCUT2D eigenvalue weighted by molar-refractivity contribution is -0.116. The molecule has 2 N–H and O–H groups in total. The van der Waals surface area contributed by atoms with Crippen molar-refractivity contribution in [2.75, 3.05) is 18.5 Å². The molecule has 0 atom stereocenters. The van der Waals surface area contributed by atoms with Gasteiger partial charge in [-0.2, -0.15) is 0 Å². The van der Waals surface area contributed by atoms with Crippen molar-refractivity contribution < 1.29 is 18.7 Å². The van der Waals surface area contributed by atoms with Crippen LogP contribution < -0.4 is 15.4 Å². The van der Waals surface area contributed by atoms with E-state index in [1.807, 2.05) is 36.6 Å². The molecule has 3 rings (SSSR count). The zero-order chi connectivity index (χ0) is 19.1. The van der Waals surface area contributed by atoms with Crippen LogP contribution in [-0.2, 0) is 4.79 Å². The standard InChI is InChI=1S/C19H19N3O4S/c1-2-25-15-7-4-3-6-13(15)14-12-27-19(21-14)22-17(23)9-10-20-18(24)16-8-5-11-26-16/h3-8,11-12H,2,9-10H2,1H3,(H,20,24)(H,21,22,23). The zero-order valence-electron chi connectivity index (χ0n) is 14.7. The zero-order valence-corrected chi connectivity index (χ0v) is 15.5. The number of hydrogen-bond acceptors (Lipinski definition) is 6. The first-order valence-corrected chi connectivity index (χ1v) is 9.34. The summed E-state index contributed by atoms with van der Waals surface area (Å²) < 4.78 is 10.6. The minimum atomic E-state index is -0.350. The molecule has 3 aromatic rings. The summed E-state index contributed by atoms with van der Waals surface area (Å²) in [6.07, 6.45) is 1.56. The number of thiazole rings is 1. The summed E-state index contributed by atoms with van der Waals surface area (Å²) in [5.74, 6) is 0.391. The fourth-order valence-electron chi connectivity index (χ4n) is 2.38. The Kier molecular flexibility index (Phi) is 6.22. The molecule has 27 heavy (non-hydrogen) atoms. The summed E-state index contributed by atoms with van der Waals surface area (Å²) in [6.45, 7) is 2.69. The van der Waals surface area contributed by atoms with Crippen LogP contribution >= 0.6 is 11.3 Å². The number of nitrogens with zero attached hydrogens (tertiary/aromatic N) is 1. The highest BCUT2D eigenvalue weighted by atomic mass is 32.1. The molecule has 7 nitrogen and oxygen atoms in total. The Labute approximate surface area is 160 Å². The van der Waals surface area contributed by atoms with Crippen LogP contribution in [0.2, 0.25) is 0 Å². The van der Waals surface area contributed by atoms with Crippen molar-refractivity contribution in [3.8, 4) is 17.0 Å². The van der Waals surface area contributed by atoms with Gasteiger partial charge >= 0.3 is 0 Å². The minimum absolute atomic E-state index is 0.136. The molecule has 0 spiro atoms. The van der Waals surface area contributed by atoms with Crippen LogP contribution in [0.4, 0.5) is 5.13 Å². The smallest absolute Gasteiger partial charge is 0.286 e. The minimum Gasteiger partial charge on any atom is -0.493 e. The molecule has 2 aromatic heterocycles. The van der Waals surface area contributed by atoms with Crippen molar-refractivity contribution >= 4 is 28.3 Å². The molecule has 0 unspecified atom stereocenters. The first kappa shape index (κ1) is 18.7. The molecule has 0 saturated heterocycles. The molecule has 0 bridgehead atoms. The van der Waals surface area contributed by atoms with E-state index in [1.165, 1.54) is 17.6 Å². The second-order valence-electron chi connectivity index (χ2n) is 5.50. The number of nitrogens with one attached hydrogen (secondary N) is 2. The van der Waals surface area contributed by atoms with Crippen LogP contribution in [0.25, 0.3) is 11.3 Å². The number of carbonyl (C=O) groups is 2. The number of benzene rings is 1. The topological polar surface area (TPSA) is 93.5 Å². The molecule has 0 aliphatic rings. The Bertz CT molecular complexity index is 905. The van der Waals surface area contributed by atoms with Crippen LogP contribution in [0.3, 0.4) is 0 Å². The molecular formula is C19H19N3O4S. The van der Waals surface area contributed by atoms with Crippen molar-refractivity contribution in [1.29, 1.82) is 0 Å². The van der Waals surface area contributed by atoms with Crippen molar-refractivity contribution in [3.05, 3.63) is 53.8 Å². The van der Waals surface area contributed by atoms with Gasteiger partial charge in [0.25, 0.3) is 5.91 Å². The average molecular weight is 385 g/mol. The van der Waals surface area contributed by atoms with Gasteiger partial charge in [0.2, 0.25) is 5.91 Å². The third-order valence-electron chi connectivity index (χ3n) is 3.60. The molecule has 0 aliphatic carbocycles. The number of amides is 2. The first-order valence-electron chi connectivity index (χ1n) is 8.46. The third-order valence-corrected chi connectivity index (χ3v) is 4.35. The predicted octanol–water partition coefficient (Wildman–Crippen LogP) is 3.56. The SMILES string of the molecule is CCOc1ccccc1-c1csc(NC(=O)CCNC(=O)c2ccco2)n1. The van der Waals surface area contributed by atoms with E-state index in [2.05, 4.69) is 15.6 Å². The van der Waals surface area contributed by atoms with Gasteiger partial charge < -0.3 is 19.8 Å². The van der Waals surface area contributed by atoms with Gasteiger partial charge in [0.05, 0.1) is 18.6 Å². The van der Waals surface area contributed by atoms with Gasteiger partial charge in [0, 0.05) is 23.9 Å². The van der Waals surface area contributed by atoms with Crippen LogP contribution in [0.1, 0.15) is 23.9 Å². The van der Waals surface area contributed by atoms with Crippen LogP contribution in [-0.4, -0.2) is 29.9 Å². The number of furan rings is 1. The molecule has 140 valence electrons. The second kappa shape index (κ2) is 9.00. The maximum Gasteiger partial charge on any atom is 0.286 e. The normalized spacial score (nSPS) is 10.4. The van der Waals surface area contributed by atoms with Gasteiger partial charge in [-0.1, -0.05) is 12.1 Å². The van der Waals surface area contributed by atoms with Crippen LogP contribution in [0, 0.1) is 0 Å². The Balaban J connectivity index is 1.53. The van der Waals surface area contributed by atoms with Crippen molar-refractivity contribution in [1.82, 2.24) is 10.3 Å². The van der Waals surface area contributed by atoms with Crippen molar-refractivity contribution in [2.24, 2.45) is 0 Å². The summed E-state index contributed by atoms with van der Waals surface area (Å²) in [4.78, 5) is 28.2. The van der Waals surface area contributed by atoms with Crippen LogP contribution in [0.5, 0.6) is 5.75 Å². The van der Waals surface area contributed by atoms with Gasteiger partial charge in [-0.05, 0) is 31.2 Å².